The smallest absolute Gasteiger partial charge is 0.251 e. The van der Waals surface area contributed by atoms with Crippen LogP contribution in [-0.4, -0.2) is 32.3 Å². The molecule has 1 saturated carbocycles. The number of nitrogens with one attached hydrogen (secondary N) is 3. The highest BCUT2D eigenvalue weighted by molar-refractivity contribution is 7.89. The molecule has 0 spiro atoms. The van der Waals surface area contributed by atoms with Crippen molar-refractivity contribution < 1.29 is 18.0 Å². The van der Waals surface area contributed by atoms with Gasteiger partial charge in [0.15, 0.2) is 0 Å². The number of amides is 2. The van der Waals surface area contributed by atoms with Crippen molar-refractivity contribution in [2.45, 2.75) is 36.2 Å². The molecule has 0 aromatic heterocycles. The van der Waals surface area contributed by atoms with Gasteiger partial charge in [0.05, 0.1) is 4.90 Å². The summed E-state index contributed by atoms with van der Waals surface area (Å²) < 4.78 is 27.7. The highest BCUT2D eigenvalue weighted by Gasteiger charge is 2.28. The number of hydrogen-bond donors (Lipinski definition) is 3. The Hall–Kier alpha value is -3.20. The van der Waals surface area contributed by atoms with Crippen molar-refractivity contribution in [3.63, 3.8) is 0 Å². The molecule has 9 heteroatoms. The number of halogens is 1. The van der Waals surface area contributed by atoms with E-state index in [1.54, 1.807) is 36.4 Å². The minimum absolute atomic E-state index is 0.0263. The molecule has 7 nitrogen and oxygen atoms in total. The average Bonchev–Trinajstić information content (AvgIpc) is 3.63. The minimum Gasteiger partial charge on any atom is -0.340 e. The fraction of sp³-hybridized carbons (Fsp3) is 0.200. The SMILES string of the molecule is O=C(N[C@@H](Cc1ccccc1)C(=O)Nc1cccc(S(=O)(=O)NC2CC2)c1)c1ccc(Cl)cc1. The molecule has 1 atom stereocenters. The van der Waals surface area contributed by atoms with E-state index >= 15 is 0 Å². The summed E-state index contributed by atoms with van der Waals surface area (Å²) in [6, 6.07) is 20.8. The van der Waals surface area contributed by atoms with E-state index in [2.05, 4.69) is 15.4 Å². The highest BCUT2D eigenvalue weighted by atomic mass is 35.5. The molecule has 0 bridgehead atoms. The number of carbonyl (C=O) groups excluding carboxylic acids is 2. The summed E-state index contributed by atoms with van der Waals surface area (Å²) in [7, 11) is -3.66. The molecule has 0 unspecified atom stereocenters. The van der Waals surface area contributed by atoms with Crippen LogP contribution in [0.25, 0.3) is 0 Å². The van der Waals surface area contributed by atoms with Gasteiger partial charge < -0.3 is 10.6 Å². The Labute approximate surface area is 203 Å². The molecule has 3 N–H and O–H groups in total. The normalized spacial score (nSPS) is 14.3. The van der Waals surface area contributed by atoms with Crippen LogP contribution < -0.4 is 15.4 Å². The second-order valence-electron chi connectivity index (χ2n) is 8.14. The molecule has 3 aromatic carbocycles. The van der Waals surface area contributed by atoms with Gasteiger partial charge in [-0.05, 0) is 60.9 Å². The zero-order valence-corrected chi connectivity index (χ0v) is 19.8. The predicted molar refractivity (Wildman–Crippen MR) is 131 cm³/mol. The fourth-order valence-electron chi connectivity index (χ4n) is 3.36. The number of hydrogen-bond acceptors (Lipinski definition) is 4. The van der Waals surface area contributed by atoms with Gasteiger partial charge >= 0.3 is 0 Å². The Morgan fingerprint density at radius 1 is 0.941 bits per heavy atom. The van der Waals surface area contributed by atoms with Crippen LogP contribution in [0.2, 0.25) is 5.02 Å². The van der Waals surface area contributed by atoms with Gasteiger partial charge in [-0.3, -0.25) is 9.59 Å². The van der Waals surface area contributed by atoms with Crippen molar-refractivity contribution >= 4 is 39.1 Å². The molecule has 176 valence electrons. The summed E-state index contributed by atoms with van der Waals surface area (Å²) in [5.74, 6) is -0.881. The van der Waals surface area contributed by atoms with E-state index < -0.39 is 27.9 Å². The molecular formula is C25H24ClN3O4S. The molecule has 34 heavy (non-hydrogen) atoms. The van der Waals surface area contributed by atoms with Crippen LogP contribution >= 0.6 is 11.6 Å². The maximum atomic E-state index is 13.2. The Bertz CT molecular complexity index is 1280. The van der Waals surface area contributed by atoms with Gasteiger partial charge in [-0.2, -0.15) is 0 Å². The van der Waals surface area contributed by atoms with Crippen molar-refractivity contribution in [1.82, 2.24) is 10.0 Å². The molecule has 0 aliphatic heterocycles. The summed E-state index contributed by atoms with van der Waals surface area (Å²) in [4.78, 5) is 26.0. The fourth-order valence-corrected chi connectivity index (χ4v) is 4.84. The number of anilines is 1. The number of rotatable bonds is 9. The largest absolute Gasteiger partial charge is 0.340 e. The molecule has 2 amide bonds. The number of sulfonamides is 1. The van der Waals surface area contributed by atoms with Crippen molar-refractivity contribution in [3.05, 3.63) is 95.0 Å². The van der Waals surface area contributed by atoms with Crippen LogP contribution in [0.5, 0.6) is 0 Å². The van der Waals surface area contributed by atoms with Crippen molar-refractivity contribution in [3.8, 4) is 0 Å². The lowest BCUT2D eigenvalue weighted by molar-refractivity contribution is -0.118. The average molecular weight is 498 g/mol. The van der Waals surface area contributed by atoms with Gasteiger partial charge in [-0.1, -0.05) is 48.0 Å². The highest BCUT2D eigenvalue weighted by Crippen LogP contribution is 2.23. The quantitative estimate of drug-likeness (QED) is 0.418. The molecule has 4 rings (SSSR count). The topological polar surface area (TPSA) is 104 Å². The summed E-state index contributed by atoms with van der Waals surface area (Å²) in [6.45, 7) is 0. The van der Waals surface area contributed by atoms with Crippen molar-refractivity contribution in [2.75, 3.05) is 5.32 Å². The zero-order valence-electron chi connectivity index (χ0n) is 18.2. The third kappa shape index (κ3) is 6.44. The van der Waals surface area contributed by atoms with E-state index in [0.29, 0.717) is 16.3 Å². The maximum absolute atomic E-state index is 13.2. The third-order valence-corrected chi connectivity index (χ3v) is 7.09. The monoisotopic (exact) mass is 497 g/mol. The summed E-state index contributed by atoms with van der Waals surface area (Å²) in [5, 5.41) is 6.02. The van der Waals surface area contributed by atoms with E-state index in [1.165, 1.54) is 12.1 Å². The Morgan fingerprint density at radius 3 is 2.32 bits per heavy atom. The first-order valence-electron chi connectivity index (χ1n) is 10.8. The van der Waals surface area contributed by atoms with Crippen LogP contribution in [-0.2, 0) is 21.2 Å². The molecular weight excluding hydrogens is 474 g/mol. The van der Waals surface area contributed by atoms with E-state index in [0.717, 1.165) is 18.4 Å². The lowest BCUT2D eigenvalue weighted by Gasteiger charge is -2.19. The van der Waals surface area contributed by atoms with Gasteiger partial charge in [0, 0.05) is 28.7 Å². The first kappa shape index (κ1) is 23.9. The van der Waals surface area contributed by atoms with Gasteiger partial charge in [-0.15, -0.1) is 0 Å². The van der Waals surface area contributed by atoms with E-state index in [-0.39, 0.29) is 17.4 Å². The third-order valence-electron chi connectivity index (χ3n) is 5.32. The van der Waals surface area contributed by atoms with Crippen molar-refractivity contribution in [2.24, 2.45) is 0 Å². The lowest BCUT2D eigenvalue weighted by atomic mass is 10.0. The Morgan fingerprint density at radius 2 is 1.65 bits per heavy atom. The summed E-state index contributed by atoms with van der Waals surface area (Å²) in [5.41, 5.74) is 1.56. The van der Waals surface area contributed by atoms with E-state index in [9.17, 15) is 18.0 Å². The molecule has 0 saturated heterocycles. The molecule has 1 aliphatic carbocycles. The lowest BCUT2D eigenvalue weighted by Crippen LogP contribution is -2.45. The first-order valence-corrected chi connectivity index (χ1v) is 12.7. The second-order valence-corrected chi connectivity index (χ2v) is 10.3. The van der Waals surface area contributed by atoms with Gasteiger partial charge in [0.1, 0.15) is 6.04 Å². The maximum Gasteiger partial charge on any atom is 0.251 e. The van der Waals surface area contributed by atoms with Crippen LogP contribution in [0.4, 0.5) is 5.69 Å². The van der Waals surface area contributed by atoms with E-state index in [4.69, 9.17) is 11.6 Å². The van der Waals surface area contributed by atoms with Crippen LogP contribution in [0.15, 0.2) is 83.8 Å². The summed E-state index contributed by atoms with van der Waals surface area (Å²) in [6.07, 6.45) is 1.90. The minimum atomic E-state index is -3.66. The Balaban J connectivity index is 1.52. The summed E-state index contributed by atoms with van der Waals surface area (Å²) >= 11 is 5.90. The van der Waals surface area contributed by atoms with Gasteiger partial charge in [-0.25, -0.2) is 13.1 Å². The molecule has 0 heterocycles. The second kappa shape index (κ2) is 10.4. The number of benzene rings is 3. The van der Waals surface area contributed by atoms with Crippen LogP contribution in [0, 0.1) is 0 Å². The zero-order chi connectivity index (χ0) is 24.1. The van der Waals surface area contributed by atoms with Crippen molar-refractivity contribution in [1.29, 1.82) is 0 Å². The predicted octanol–water partition coefficient (Wildman–Crippen LogP) is 3.76. The first-order chi connectivity index (χ1) is 16.3. The number of carbonyl (C=O) groups is 2. The van der Waals surface area contributed by atoms with E-state index in [1.807, 2.05) is 30.3 Å². The van der Waals surface area contributed by atoms with Gasteiger partial charge in [0.2, 0.25) is 15.9 Å². The molecule has 3 aromatic rings. The molecule has 0 radical (unpaired) electrons. The van der Waals surface area contributed by atoms with Crippen LogP contribution in [0.3, 0.4) is 0 Å². The molecule has 1 fully saturated rings. The Kier molecular flexibility index (Phi) is 7.31. The van der Waals surface area contributed by atoms with Gasteiger partial charge in [0.25, 0.3) is 5.91 Å². The van der Waals surface area contributed by atoms with Crippen LogP contribution in [0.1, 0.15) is 28.8 Å². The molecule has 1 aliphatic rings. The standard InChI is InChI=1S/C25H24ClN3O4S/c26-19-11-9-18(10-12-19)24(30)28-23(15-17-5-2-1-3-6-17)25(31)27-21-7-4-8-22(16-21)34(32,33)29-20-13-14-20/h1-12,16,20,23,29H,13-15H2,(H,27,31)(H,28,30)/t23-/m0/s1.